The number of carbonyl (C=O) groups is 2. The summed E-state index contributed by atoms with van der Waals surface area (Å²) in [5.74, 6) is 5.93. The minimum atomic E-state index is -0.625. The third kappa shape index (κ3) is 5.74. The van der Waals surface area contributed by atoms with Crippen LogP contribution in [0, 0.1) is 11.8 Å². The molecule has 0 spiro atoms. The molecule has 1 fully saturated rings. The van der Waals surface area contributed by atoms with Gasteiger partial charge in [-0.25, -0.2) is 0 Å². The van der Waals surface area contributed by atoms with Gasteiger partial charge in [0.1, 0.15) is 0 Å². The molecule has 0 saturated carbocycles. The smallest absolute Gasteiger partial charge is 0.308 e. The summed E-state index contributed by atoms with van der Waals surface area (Å²) >= 11 is 0. The van der Waals surface area contributed by atoms with Crippen molar-refractivity contribution < 1.29 is 23.2 Å². The molecule has 2 aromatic rings. The molecular formula is C24H29N2O4+. The van der Waals surface area contributed by atoms with Gasteiger partial charge in [-0.15, -0.1) is 0 Å². The van der Waals surface area contributed by atoms with Gasteiger partial charge in [-0.3, -0.25) is 9.59 Å². The number of rotatable bonds is 5. The van der Waals surface area contributed by atoms with Crippen molar-refractivity contribution in [2.75, 3.05) is 33.8 Å². The topological polar surface area (TPSA) is 68.5 Å². The van der Waals surface area contributed by atoms with E-state index in [0.29, 0.717) is 25.2 Å². The summed E-state index contributed by atoms with van der Waals surface area (Å²) in [5, 5.41) is 3.07. The van der Waals surface area contributed by atoms with Crippen molar-refractivity contribution in [2.45, 2.75) is 31.7 Å². The average molecular weight is 410 g/mol. The van der Waals surface area contributed by atoms with E-state index < -0.39 is 5.54 Å². The number of esters is 1. The van der Waals surface area contributed by atoms with E-state index in [4.69, 9.17) is 9.15 Å². The van der Waals surface area contributed by atoms with Crippen LogP contribution in [0.4, 0.5) is 0 Å². The van der Waals surface area contributed by atoms with Crippen LogP contribution in [0.25, 0.3) is 0 Å². The quantitative estimate of drug-likeness (QED) is 0.468. The maximum absolute atomic E-state index is 12.9. The highest BCUT2D eigenvalue weighted by Gasteiger charge is 2.42. The highest BCUT2D eigenvalue weighted by atomic mass is 16.5. The summed E-state index contributed by atoms with van der Waals surface area (Å²) in [6.45, 7) is 3.84. The van der Waals surface area contributed by atoms with Crippen molar-refractivity contribution in [3.63, 3.8) is 0 Å². The van der Waals surface area contributed by atoms with Crippen molar-refractivity contribution in [1.82, 2.24) is 5.32 Å². The zero-order chi connectivity index (χ0) is 21.6. The van der Waals surface area contributed by atoms with Crippen LogP contribution in [0.5, 0.6) is 0 Å². The first-order valence-corrected chi connectivity index (χ1v) is 10.3. The third-order valence-corrected chi connectivity index (χ3v) is 5.49. The van der Waals surface area contributed by atoms with Gasteiger partial charge >= 0.3 is 5.97 Å². The van der Waals surface area contributed by atoms with Crippen LogP contribution in [0.3, 0.4) is 0 Å². The van der Waals surface area contributed by atoms with E-state index in [2.05, 4.69) is 31.3 Å². The fraction of sp³-hybridized carbons (Fsp3) is 0.417. The maximum atomic E-state index is 12.9. The van der Waals surface area contributed by atoms with Gasteiger partial charge in [-0.05, 0) is 37.1 Å². The zero-order valence-corrected chi connectivity index (χ0v) is 17.9. The number of furan rings is 1. The summed E-state index contributed by atoms with van der Waals surface area (Å²) in [6, 6.07) is 12.9. The van der Waals surface area contributed by atoms with E-state index in [-0.39, 0.29) is 24.1 Å². The Morgan fingerprint density at radius 2 is 1.80 bits per heavy atom. The Kier molecular flexibility index (Phi) is 6.63. The van der Waals surface area contributed by atoms with Gasteiger partial charge in [-0.2, -0.15) is 0 Å². The van der Waals surface area contributed by atoms with Gasteiger partial charge in [0.05, 0.1) is 45.8 Å². The molecule has 6 heteroatoms. The molecule has 1 aliphatic rings. The lowest BCUT2D eigenvalue weighted by molar-refractivity contribution is -0.896. The molecular weight excluding hydrogens is 380 g/mol. The molecule has 1 saturated heterocycles. The SMILES string of the molecule is CCOC(=O)CC1(NC(=O)c2ccc(C#Cc3ccccc3)o2)CC[N+](C)(C)CC1. The number of nitrogens with one attached hydrogen (secondary N) is 1. The predicted octanol–water partition coefficient (Wildman–Crippen LogP) is 2.97. The predicted molar refractivity (Wildman–Crippen MR) is 114 cm³/mol. The van der Waals surface area contributed by atoms with Gasteiger partial charge in [0.25, 0.3) is 5.91 Å². The zero-order valence-electron chi connectivity index (χ0n) is 17.9. The van der Waals surface area contributed by atoms with Crippen molar-refractivity contribution in [2.24, 2.45) is 0 Å². The Morgan fingerprint density at radius 3 is 2.47 bits per heavy atom. The molecule has 1 N–H and O–H groups in total. The lowest BCUT2D eigenvalue weighted by Gasteiger charge is -2.44. The molecule has 1 aromatic carbocycles. The van der Waals surface area contributed by atoms with Crippen LogP contribution in [-0.4, -0.2) is 55.7 Å². The third-order valence-electron chi connectivity index (χ3n) is 5.49. The largest absolute Gasteiger partial charge is 0.466 e. The molecule has 158 valence electrons. The molecule has 2 heterocycles. The summed E-state index contributed by atoms with van der Waals surface area (Å²) in [5.41, 5.74) is 0.246. The second-order valence-corrected chi connectivity index (χ2v) is 8.38. The van der Waals surface area contributed by atoms with Gasteiger partial charge < -0.3 is 19.0 Å². The lowest BCUT2D eigenvalue weighted by Crippen LogP contribution is -2.60. The number of nitrogens with zero attached hydrogens (tertiary/aromatic N) is 1. The lowest BCUT2D eigenvalue weighted by atomic mass is 9.83. The standard InChI is InChI=1S/C24H28N2O4/c1-4-29-22(27)18-24(14-16-26(2,3)17-15-24)25-23(28)21-13-12-20(30-21)11-10-19-8-6-5-7-9-19/h5-9,12-13H,4,14-18H2,1-3H3/p+1. The number of hydrogen-bond acceptors (Lipinski definition) is 4. The number of likely N-dealkylation sites (tertiary alicyclic amines) is 1. The number of piperidine rings is 1. The normalized spacial score (nSPS) is 16.8. The van der Waals surface area contributed by atoms with Crippen molar-refractivity contribution in [3.05, 3.63) is 59.5 Å². The summed E-state index contributed by atoms with van der Waals surface area (Å²) < 4.78 is 11.7. The minimum absolute atomic E-state index is 0.161. The number of hydrogen-bond donors (Lipinski definition) is 1. The van der Waals surface area contributed by atoms with Crippen LogP contribution >= 0.6 is 0 Å². The fourth-order valence-corrected chi connectivity index (χ4v) is 3.59. The van der Waals surface area contributed by atoms with Crippen LogP contribution in [0.2, 0.25) is 0 Å². The number of carbonyl (C=O) groups excluding carboxylic acids is 2. The Hall–Kier alpha value is -3.04. The molecule has 1 amide bonds. The van der Waals surface area contributed by atoms with E-state index >= 15 is 0 Å². The fourth-order valence-electron chi connectivity index (χ4n) is 3.59. The van der Waals surface area contributed by atoms with Crippen LogP contribution in [0.15, 0.2) is 46.9 Å². The maximum Gasteiger partial charge on any atom is 0.308 e. The number of ether oxygens (including phenoxy) is 1. The van der Waals surface area contributed by atoms with Gasteiger partial charge in [-0.1, -0.05) is 24.1 Å². The first-order valence-electron chi connectivity index (χ1n) is 10.3. The molecule has 6 nitrogen and oxygen atoms in total. The number of quaternary nitrogens is 1. The molecule has 0 atom stereocenters. The molecule has 0 bridgehead atoms. The summed E-state index contributed by atoms with van der Waals surface area (Å²) in [6.07, 6.45) is 1.56. The van der Waals surface area contributed by atoms with E-state index in [1.165, 1.54) is 0 Å². The molecule has 0 aliphatic carbocycles. The number of amides is 1. The molecule has 0 unspecified atom stereocenters. The van der Waals surface area contributed by atoms with Crippen molar-refractivity contribution in [3.8, 4) is 11.8 Å². The highest BCUT2D eigenvalue weighted by Crippen LogP contribution is 2.29. The second kappa shape index (κ2) is 9.19. The van der Waals surface area contributed by atoms with E-state index in [9.17, 15) is 9.59 Å². The van der Waals surface area contributed by atoms with Crippen molar-refractivity contribution in [1.29, 1.82) is 0 Å². The average Bonchev–Trinajstić information content (AvgIpc) is 3.19. The van der Waals surface area contributed by atoms with Gasteiger partial charge in [0, 0.05) is 18.4 Å². The minimum Gasteiger partial charge on any atom is -0.466 e. The molecule has 1 aromatic heterocycles. The Labute approximate surface area is 177 Å². The molecule has 0 radical (unpaired) electrons. The second-order valence-electron chi connectivity index (χ2n) is 8.38. The van der Waals surface area contributed by atoms with Gasteiger partial charge in [0.15, 0.2) is 11.5 Å². The van der Waals surface area contributed by atoms with Crippen LogP contribution in [-0.2, 0) is 9.53 Å². The summed E-state index contributed by atoms with van der Waals surface area (Å²) in [7, 11) is 4.31. The van der Waals surface area contributed by atoms with Gasteiger partial charge in [0.2, 0.25) is 0 Å². The van der Waals surface area contributed by atoms with E-state index in [0.717, 1.165) is 23.1 Å². The van der Waals surface area contributed by atoms with Crippen LogP contribution in [0.1, 0.15) is 48.1 Å². The Morgan fingerprint density at radius 1 is 1.10 bits per heavy atom. The molecule has 1 aliphatic heterocycles. The number of benzene rings is 1. The van der Waals surface area contributed by atoms with Crippen molar-refractivity contribution >= 4 is 11.9 Å². The monoisotopic (exact) mass is 409 g/mol. The highest BCUT2D eigenvalue weighted by molar-refractivity contribution is 5.92. The molecule has 30 heavy (non-hydrogen) atoms. The van der Waals surface area contributed by atoms with E-state index in [1.54, 1.807) is 19.1 Å². The van der Waals surface area contributed by atoms with Crippen LogP contribution < -0.4 is 5.32 Å². The Balaban J connectivity index is 1.72. The first-order chi connectivity index (χ1) is 14.3. The first kappa shape index (κ1) is 21.7. The molecule has 3 rings (SSSR count). The summed E-state index contributed by atoms with van der Waals surface area (Å²) in [4.78, 5) is 25.1. The Bertz CT molecular complexity index is 940. The van der Waals surface area contributed by atoms with E-state index in [1.807, 2.05) is 30.3 Å².